The summed E-state index contributed by atoms with van der Waals surface area (Å²) >= 11 is 0. The van der Waals surface area contributed by atoms with Crippen LogP contribution in [0.25, 0.3) is 0 Å². The van der Waals surface area contributed by atoms with Crippen LogP contribution in [-0.2, 0) is 14.2 Å². The van der Waals surface area contributed by atoms with Crippen molar-refractivity contribution in [3.05, 3.63) is 0 Å². The molecule has 5 nitrogen and oxygen atoms in total. The van der Waals surface area contributed by atoms with Gasteiger partial charge in [-0.25, -0.2) is 0 Å². The summed E-state index contributed by atoms with van der Waals surface area (Å²) in [5.74, 6) is 0. The van der Waals surface area contributed by atoms with Gasteiger partial charge in [-0.1, -0.05) is 0 Å². The smallest absolute Gasteiger partial charge is 0.0619 e. The Morgan fingerprint density at radius 1 is 1.00 bits per heavy atom. The number of ether oxygens (including phenoxy) is 3. The Balaban J connectivity index is 1.51. The van der Waals surface area contributed by atoms with Gasteiger partial charge in [0.1, 0.15) is 0 Å². The van der Waals surface area contributed by atoms with Crippen LogP contribution in [-0.4, -0.2) is 88.2 Å². The third-order valence-corrected chi connectivity index (χ3v) is 3.68. The summed E-state index contributed by atoms with van der Waals surface area (Å²) in [7, 11) is 0. The normalized spacial score (nSPS) is 25.2. The van der Waals surface area contributed by atoms with Gasteiger partial charge in [-0.3, -0.25) is 9.80 Å². The molecule has 0 aromatic rings. The van der Waals surface area contributed by atoms with Gasteiger partial charge in [0, 0.05) is 38.8 Å². The summed E-state index contributed by atoms with van der Waals surface area (Å²) in [4.78, 5) is 4.85. The van der Waals surface area contributed by atoms with Crippen LogP contribution in [0.2, 0.25) is 0 Å². The van der Waals surface area contributed by atoms with Crippen molar-refractivity contribution in [1.82, 2.24) is 9.80 Å². The van der Waals surface area contributed by atoms with Crippen LogP contribution >= 0.6 is 0 Å². The van der Waals surface area contributed by atoms with E-state index in [0.717, 1.165) is 72.4 Å². The van der Waals surface area contributed by atoms with Crippen molar-refractivity contribution < 1.29 is 14.2 Å². The monoisotopic (exact) mass is 258 g/mol. The van der Waals surface area contributed by atoms with Crippen LogP contribution in [0, 0.1) is 0 Å². The third kappa shape index (κ3) is 4.82. The molecule has 0 spiro atoms. The highest BCUT2D eigenvalue weighted by molar-refractivity contribution is 4.69. The second kappa shape index (κ2) is 8.07. The van der Waals surface area contributed by atoms with Crippen LogP contribution in [0.1, 0.15) is 6.92 Å². The van der Waals surface area contributed by atoms with E-state index >= 15 is 0 Å². The van der Waals surface area contributed by atoms with Crippen molar-refractivity contribution in [3.63, 3.8) is 0 Å². The first-order valence-electron chi connectivity index (χ1n) is 7.06. The molecule has 0 aromatic heterocycles. The standard InChI is InChI=1S/C13H26N2O3/c1-13(15-5-10-17-11-6-15)12-18-9-4-14-2-7-16-8-3-14/h13H,2-12H2,1H3. The zero-order valence-electron chi connectivity index (χ0n) is 11.5. The van der Waals surface area contributed by atoms with Crippen molar-refractivity contribution in [2.75, 3.05) is 72.4 Å². The van der Waals surface area contributed by atoms with Crippen molar-refractivity contribution in [3.8, 4) is 0 Å². The van der Waals surface area contributed by atoms with Gasteiger partial charge < -0.3 is 14.2 Å². The molecule has 0 saturated carbocycles. The molecule has 1 atom stereocenters. The molecule has 2 heterocycles. The molecule has 2 saturated heterocycles. The number of hydrogen-bond acceptors (Lipinski definition) is 5. The van der Waals surface area contributed by atoms with E-state index in [1.54, 1.807) is 0 Å². The van der Waals surface area contributed by atoms with Crippen LogP contribution in [0.5, 0.6) is 0 Å². The molecule has 106 valence electrons. The van der Waals surface area contributed by atoms with Gasteiger partial charge in [0.2, 0.25) is 0 Å². The Labute approximate surface area is 110 Å². The zero-order valence-corrected chi connectivity index (χ0v) is 11.5. The fraction of sp³-hybridized carbons (Fsp3) is 1.00. The Morgan fingerprint density at radius 2 is 1.61 bits per heavy atom. The van der Waals surface area contributed by atoms with Crippen molar-refractivity contribution >= 4 is 0 Å². The quantitative estimate of drug-likeness (QED) is 0.629. The second-order valence-electron chi connectivity index (χ2n) is 5.03. The highest BCUT2D eigenvalue weighted by atomic mass is 16.5. The lowest BCUT2D eigenvalue weighted by Gasteiger charge is -2.32. The van der Waals surface area contributed by atoms with Crippen molar-refractivity contribution in [2.45, 2.75) is 13.0 Å². The summed E-state index contributed by atoms with van der Waals surface area (Å²) < 4.78 is 16.5. The molecule has 0 aromatic carbocycles. The summed E-state index contributed by atoms with van der Waals surface area (Å²) in [6, 6.07) is 0.499. The molecule has 0 N–H and O–H groups in total. The van der Waals surface area contributed by atoms with Gasteiger partial charge in [0.15, 0.2) is 0 Å². The van der Waals surface area contributed by atoms with Crippen LogP contribution in [0.3, 0.4) is 0 Å². The van der Waals surface area contributed by atoms with Crippen molar-refractivity contribution in [1.29, 1.82) is 0 Å². The SMILES string of the molecule is CC(COCCN1CCOCC1)N1CCOCC1. The predicted octanol–water partition coefficient (Wildman–Crippen LogP) is 0.0559. The first-order valence-corrected chi connectivity index (χ1v) is 7.06. The molecule has 0 bridgehead atoms. The van der Waals surface area contributed by atoms with Gasteiger partial charge in [-0.2, -0.15) is 0 Å². The minimum atomic E-state index is 0.499. The maximum Gasteiger partial charge on any atom is 0.0619 e. The molecule has 18 heavy (non-hydrogen) atoms. The lowest BCUT2D eigenvalue weighted by Crippen LogP contribution is -2.44. The van der Waals surface area contributed by atoms with Crippen LogP contribution in [0.15, 0.2) is 0 Å². The highest BCUT2D eigenvalue weighted by Crippen LogP contribution is 2.04. The largest absolute Gasteiger partial charge is 0.379 e. The lowest BCUT2D eigenvalue weighted by molar-refractivity contribution is -0.0145. The lowest BCUT2D eigenvalue weighted by atomic mass is 10.3. The minimum Gasteiger partial charge on any atom is -0.379 e. The first kappa shape index (κ1) is 14.2. The fourth-order valence-corrected chi connectivity index (χ4v) is 2.40. The van der Waals surface area contributed by atoms with E-state index in [1.807, 2.05) is 0 Å². The average molecular weight is 258 g/mol. The minimum absolute atomic E-state index is 0.499. The highest BCUT2D eigenvalue weighted by Gasteiger charge is 2.17. The summed E-state index contributed by atoms with van der Waals surface area (Å²) in [5.41, 5.74) is 0. The van der Waals surface area contributed by atoms with E-state index < -0.39 is 0 Å². The third-order valence-electron chi connectivity index (χ3n) is 3.68. The van der Waals surface area contributed by atoms with E-state index in [4.69, 9.17) is 14.2 Å². The topological polar surface area (TPSA) is 34.2 Å². The maximum atomic E-state index is 5.79. The van der Waals surface area contributed by atoms with Gasteiger partial charge in [0.05, 0.1) is 39.6 Å². The molecule has 5 heteroatoms. The van der Waals surface area contributed by atoms with Gasteiger partial charge in [-0.05, 0) is 6.92 Å². The second-order valence-corrected chi connectivity index (χ2v) is 5.03. The Bertz CT molecular complexity index is 216. The Hall–Kier alpha value is -0.200. The molecule has 2 aliphatic rings. The van der Waals surface area contributed by atoms with Gasteiger partial charge >= 0.3 is 0 Å². The summed E-state index contributed by atoms with van der Waals surface area (Å²) in [6.07, 6.45) is 0. The maximum absolute atomic E-state index is 5.79. The Kier molecular flexibility index (Phi) is 6.37. The van der Waals surface area contributed by atoms with E-state index in [1.165, 1.54) is 0 Å². The summed E-state index contributed by atoms with van der Waals surface area (Å²) in [6.45, 7) is 12.5. The van der Waals surface area contributed by atoms with E-state index in [9.17, 15) is 0 Å². The molecule has 0 aliphatic carbocycles. The van der Waals surface area contributed by atoms with E-state index in [-0.39, 0.29) is 0 Å². The molecule has 2 rings (SSSR count). The van der Waals surface area contributed by atoms with Crippen molar-refractivity contribution in [2.24, 2.45) is 0 Å². The zero-order chi connectivity index (χ0) is 12.6. The van der Waals surface area contributed by atoms with E-state index in [0.29, 0.717) is 6.04 Å². The van der Waals surface area contributed by atoms with Gasteiger partial charge in [0.25, 0.3) is 0 Å². The fourth-order valence-electron chi connectivity index (χ4n) is 2.40. The molecular formula is C13H26N2O3. The predicted molar refractivity (Wildman–Crippen MR) is 69.9 cm³/mol. The van der Waals surface area contributed by atoms with Gasteiger partial charge in [-0.15, -0.1) is 0 Å². The average Bonchev–Trinajstić information content (AvgIpc) is 2.45. The molecular weight excluding hydrogens is 232 g/mol. The Morgan fingerprint density at radius 3 is 2.28 bits per heavy atom. The molecule has 1 unspecified atom stereocenters. The number of morpholine rings is 2. The van der Waals surface area contributed by atoms with Crippen LogP contribution < -0.4 is 0 Å². The molecule has 0 amide bonds. The number of rotatable bonds is 6. The summed E-state index contributed by atoms with van der Waals surface area (Å²) in [5, 5.41) is 0. The number of hydrogen-bond donors (Lipinski definition) is 0. The van der Waals surface area contributed by atoms with Crippen LogP contribution in [0.4, 0.5) is 0 Å². The molecule has 2 aliphatic heterocycles. The molecule has 0 radical (unpaired) electrons. The van der Waals surface area contributed by atoms with E-state index in [2.05, 4.69) is 16.7 Å². The first-order chi connectivity index (χ1) is 8.86. The number of nitrogens with zero attached hydrogens (tertiary/aromatic N) is 2. The molecule has 2 fully saturated rings.